The van der Waals surface area contributed by atoms with Gasteiger partial charge in [0.05, 0.1) is 7.11 Å². The lowest BCUT2D eigenvalue weighted by Gasteiger charge is -2.35. The third-order valence-electron chi connectivity index (χ3n) is 3.52. The van der Waals surface area contributed by atoms with Gasteiger partial charge in [0.15, 0.2) is 0 Å². The molecule has 3 heteroatoms. The normalized spacial score (nSPS) is 19.4. The lowest BCUT2D eigenvalue weighted by molar-refractivity contribution is 0.290. The van der Waals surface area contributed by atoms with Crippen LogP contribution >= 0.6 is 0 Å². The number of nitrogen functional groups attached to an aromatic ring is 1. The highest BCUT2D eigenvalue weighted by Gasteiger charge is 2.33. The third-order valence-corrected chi connectivity index (χ3v) is 3.52. The molecule has 0 amide bonds. The van der Waals surface area contributed by atoms with Crippen molar-refractivity contribution in [2.45, 2.75) is 37.6 Å². The van der Waals surface area contributed by atoms with Crippen LogP contribution in [0, 0.1) is 0 Å². The molecule has 0 heterocycles. The Morgan fingerprint density at radius 3 is 2.50 bits per heavy atom. The van der Waals surface area contributed by atoms with Gasteiger partial charge in [0.1, 0.15) is 5.75 Å². The minimum atomic E-state index is -0.297. The molecular weight excluding hydrogens is 200 g/mol. The summed E-state index contributed by atoms with van der Waals surface area (Å²) in [7, 11) is 1.67. The highest BCUT2D eigenvalue weighted by molar-refractivity contribution is 5.58. The lowest BCUT2D eigenvalue weighted by Crippen LogP contribution is -2.39. The highest BCUT2D eigenvalue weighted by Crippen LogP contribution is 2.41. The number of methoxy groups -OCH3 is 1. The van der Waals surface area contributed by atoms with E-state index in [1.165, 1.54) is 19.3 Å². The van der Waals surface area contributed by atoms with Crippen LogP contribution in [0.4, 0.5) is 5.69 Å². The van der Waals surface area contributed by atoms with Gasteiger partial charge in [-0.3, -0.25) is 0 Å². The van der Waals surface area contributed by atoms with E-state index in [1.807, 2.05) is 18.2 Å². The molecule has 2 rings (SSSR count). The molecule has 3 nitrogen and oxygen atoms in total. The molecule has 16 heavy (non-hydrogen) atoms. The molecule has 1 aromatic rings. The minimum Gasteiger partial charge on any atom is -0.496 e. The molecule has 0 aliphatic heterocycles. The van der Waals surface area contributed by atoms with Crippen molar-refractivity contribution in [3.8, 4) is 5.75 Å². The first-order chi connectivity index (χ1) is 7.67. The maximum atomic E-state index is 6.50. The molecule has 4 N–H and O–H groups in total. The molecule has 88 valence electrons. The van der Waals surface area contributed by atoms with Crippen molar-refractivity contribution in [2.24, 2.45) is 5.73 Å². The van der Waals surface area contributed by atoms with E-state index >= 15 is 0 Å². The topological polar surface area (TPSA) is 61.3 Å². The number of benzene rings is 1. The Kier molecular flexibility index (Phi) is 3.06. The molecule has 1 aliphatic rings. The summed E-state index contributed by atoms with van der Waals surface area (Å²) >= 11 is 0. The zero-order chi connectivity index (χ0) is 11.6. The van der Waals surface area contributed by atoms with Gasteiger partial charge in [-0.1, -0.05) is 25.3 Å². The number of nitrogens with two attached hydrogens (primary N) is 2. The van der Waals surface area contributed by atoms with Gasteiger partial charge in [-0.2, -0.15) is 0 Å². The number of rotatable bonds is 2. The number of ether oxygens (including phenoxy) is 1. The van der Waals surface area contributed by atoms with Crippen LogP contribution in [0.25, 0.3) is 0 Å². The van der Waals surface area contributed by atoms with Crippen molar-refractivity contribution in [3.63, 3.8) is 0 Å². The van der Waals surface area contributed by atoms with Crippen LogP contribution in [0.2, 0.25) is 0 Å². The van der Waals surface area contributed by atoms with E-state index in [9.17, 15) is 0 Å². The molecule has 0 aromatic heterocycles. The average Bonchev–Trinajstić information content (AvgIpc) is 2.29. The van der Waals surface area contributed by atoms with E-state index in [2.05, 4.69) is 0 Å². The standard InChI is InChI=1S/C13H20N2O/c1-16-11-7-5-6-10(14)12(11)13(15)8-3-2-4-9-13/h5-7H,2-4,8-9,14-15H2,1H3. The fourth-order valence-corrected chi connectivity index (χ4v) is 2.68. The van der Waals surface area contributed by atoms with Crippen LogP contribution in [-0.4, -0.2) is 7.11 Å². The van der Waals surface area contributed by atoms with Gasteiger partial charge in [0, 0.05) is 16.8 Å². The van der Waals surface area contributed by atoms with Crippen LogP contribution in [0.1, 0.15) is 37.7 Å². The molecular formula is C13H20N2O. The van der Waals surface area contributed by atoms with E-state index in [4.69, 9.17) is 16.2 Å². The van der Waals surface area contributed by atoms with Crippen LogP contribution in [-0.2, 0) is 5.54 Å². The van der Waals surface area contributed by atoms with Crippen molar-refractivity contribution in [2.75, 3.05) is 12.8 Å². The first-order valence-corrected chi connectivity index (χ1v) is 5.89. The van der Waals surface area contributed by atoms with E-state index in [-0.39, 0.29) is 5.54 Å². The van der Waals surface area contributed by atoms with E-state index in [0.29, 0.717) is 0 Å². The van der Waals surface area contributed by atoms with Gasteiger partial charge in [-0.25, -0.2) is 0 Å². The molecule has 0 saturated heterocycles. The van der Waals surface area contributed by atoms with Gasteiger partial charge in [-0.05, 0) is 25.0 Å². The van der Waals surface area contributed by atoms with Crippen molar-refractivity contribution < 1.29 is 4.74 Å². The molecule has 0 radical (unpaired) electrons. The van der Waals surface area contributed by atoms with Crippen LogP contribution in [0.3, 0.4) is 0 Å². The van der Waals surface area contributed by atoms with Crippen molar-refractivity contribution >= 4 is 5.69 Å². The second kappa shape index (κ2) is 4.34. The second-order valence-electron chi connectivity index (χ2n) is 4.64. The Hall–Kier alpha value is -1.22. The van der Waals surface area contributed by atoms with Crippen molar-refractivity contribution in [1.29, 1.82) is 0 Å². The zero-order valence-corrected chi connectivity index (χ0v) is 9.83. The Labute approximate surface area is 96.8 Å². The van der Waals surface area contributed by atoms with E-state index in [0.717, 1.165) is 29.8 Å². The maximum absolute atomic E-state index is 6.50. The molecule has 0 atom stereocenters. The first-order valence-electron chi connectivity index (χ1n) is 5.89. The monoisotopic (exact) mass is 220 g/mol. The molecule has 1 aromatic carbocycles. The molecule has 0 unspecified atom stereocenters. The number of hydrogen-bond donors (Lipinski definition) is 2. The summed E-state index contributed by atoms with van der Waals surface area (Å²) in [5, 5.41) is 0. The maximum Gasteiger partial charge on any atom is 0.125 e. The Morgan fingerprint density at radius 2 is 1.88 bits per heavy atom. The fourth-order valence-electron chi connectivity index (χ4n) is 2.68. The highest BCUT2D eigenvalue weighted by atomic mass is 16.5. The van der Waals surface area contributed by atoms with Gasteiger partial charge in [0.2, 0.25) is 0 Å². The Bertz CT molecular complexity index is 370. The minimum absolute atomic E-state index is 0.297. The fraction of sp³-hybridized carbons (Fsp3) is 0.538. The quantitative estimate of drug-likeness (QED) is 0.752. The average molecular weight is 220 g/mol. The molecule has 1 fully saturated rings. The first kappa shape index (κ1) is 11.3. The lowest BCUT2D eigenvalue weighted by atomic mass is 9.76. The van der Waals surface area contributed by atoms with Crippen molar-refractivity contribution in [1.82, 2.24) is 0 Å². The van der Waals surface area contributed by atoms with Gasteiger partial charge in [0.25, 0.3) is 0 Å². The largest absolute Gasteiger partial charge is 0.496 e. The number of anilines is 1. The summed E-state index contributed by atoms with van der Waals surface area (Å²) in [4.78, 5) is 0. The smallest absolute Gasteiger partial charge is 0.125 e. The summed E-state index contributed by atoms with van der Waals surface area (Å²) in [6, 6.07) is 5.75. The van der Waals surface area contributed by atoms with Gasteiger partial charge in [-0.15, -0.1) is 0 Å². The molecule has 0 spiro atoms. The second-order valence-corrected chi connectivity index (χ2v) is 4.64. The summed E-state index contributed by atoms with van der Waals surface area (Å²) < 4.78 is 5.38. The Morgan fingerprint density at radius 1 is 1.19 bits per heavy atom. The van der Waals surface area contributed by atoms with Gasteiger partial charge >= 0.3 is 0 Å². The summed E-state index contributed by atoms with van der Waals surface area (Å²) in [5.74, 6) is 0.824. The SMILES string of the molecule is COc1cccc(N)c1C1(N)CCCCC1. The number of hydrogen-bond acceptors (Lipinski definition) is 3. The predicted octanol–water partition coefficient (Wildman–Crippen LogP) is 2.40. The molecule has 1 aliphatic carbocycles. The van der Waals surface area contributed by atoms with Crippen molar-refractivity contribution in [3.05, 3.63) is 23.8 Å². The van der Waals surface area contributed by atoms with Gasteiger partial charge < -0.3 is 16.2 Å². The summed E-state index contributed by atoms with van der Waals surface area (Å²) in [6.07, 6.45) is 5.62. The zero-order valence-electron chi connectivity index (χ0n) is 9.83. The molecule has 0 bridgehead atoms. The van der Waals surface area contributed by atoms with E-state index < -0.39 is 0 Å². The summed E-state index contributed by atoms with van der Waals surface area (Å²) in [6.45, 7) is 0. The van der Waals surface area contributed by atoms with Crippen LogP contribution in [0.15, 0.2) is 18.2 Å². The van der Waals surface area contributed by atoms with Crippen LogP contribution < -0.4 is 16.2 Å². The third kappa shape index (κ3) is 1.87. The summed E-state index contributed by atoms with van der Waals surface area (Å²) in [5.41, 5.74) is 14.0. The Balaban J connectivity index is 2.44. The predicted molar refractivity (Wildman–Crippen MR) is 66.4 cm³/mol. The molecule has 1 saturated carbocycles. The van der Waals surface area contributed by atoms with Crippen LogP contribution in [0.5, 0.6) is 5.75 Å². The van der Waals surface area contributed by atoms with E-state index in [1.54, 1.807) is 7.11 Å².